The first-order valence-corrected chi connectivity index (χ1v) is 6.99. The molecule has 2 rings (SSSR count). The van der Waals surface area contributed by atoms with Crippen molar-refractivity contribution in [3.05, 3.63) is 58.7 Å². The van der Waals surface area contributed by atoms with Gasteiger partial charge in [0.25, 0.3) is 0 Å². The van der Waals surface area contributed by atoms with E-state index in [0.29, 0.717) is 17.4 Å². The average Bonchev–Trinajstić information content (AvgIpc) is 2.49. The summed E-state index contributed by atoms with van der Waals surface area (Å²) >= 11 is 6.20. The van der Waals surface area contributed by atoms with Crippen LogP contribution in [0.2, 0.25) is 5.02 Å². The topological polar surface area (TPSA) is 54.2 Å². The zero-order valence-electron chi connectivity index (χ0n) is 11.5. The molecule has 0 radical (unpaired) electrons. The van der Waals surface area contributed by atoms with Gasteiger partial charge in [0.15, 0.2) is 0 Å². The summed E-state index contributed by atoms with van der Waals surface area (Å²) in [6, 6.07) is 13.9. The van der Waals surface area contributed by atoms with Gasteiger partial charge < -0.3 is 5.43 Å². The summed E-state index contributed by atoms with van der Waals surface area (Å²) in [4.78, 5) is 6.69. The smallest absolute Gasteiger partial charge is 0.140 e. The van der Waals surface area contributed by atoms with E-state index in [2.05, 4.69) is 34.4 Å². The predicted molar refractivity (Wildman–Crippen MR) is 83.3 cm³/mol. The van der Waals surface area contributed by atoms with E-state index in [9.17, 15) is 0 Å². The third-order valence-corrected chi connectivity index (χ3v) is 3.48. The summed E-state index contributed by atoms with van der Waals surface area (Å²) in [5.41, 5.74) is 4.66. The Bertz CT molecular complexity index is 545. The van der Waals surface area contributed by atoms with Gasteiger partial charge in [0.05, 0.1) is 10.7 Å². The SMILES string of the molecule is CCN(Cc1ccccc1)Cc1nc(NN)ccc1Cl. The Morgan fingerprint density at radius 3 is 2.55 bits per heavy atom. The number of halogens is 1. The van der Waals surface area contributed by atoms with Gasteiger partial charge in [-0.05, 0) is 24.2 Å². The number of hydrogen-bond donors (Lipinski definition) is 2. The maximum atomic E-state index is 6.20. The van der Waals surface area contributed by atoms with Crippen LogP contribution in [0, 0.1) is 0 Å². The van der Waals surface area contributed by atoms with Crippen LogP contribution in [0.15, 0.2) is 42.5 Å². The van der Waals surface area contributed by atoms with Crippen molar-refractivity contribution >= 4 is 17.4 Å². The lowest BCUT2D eigenvalue weighted by molar-refractivity contribution is 0.268. The molecule has 0 fully saturated rings. The number of aromatic nitrogens is 1. The van der Waals surface area contributed by atoms with Gasteiger partial charge in [0, 0.05) is 13.1 Å². The number of hydrogen-bond acceptors (Lipinski definition) is 4. The van der Waals surface area contributed by atoms with Gasteiger partial charge in [-0.2, -0.15) is 0 Å². The number of nitrogens with two attached hydrogens (primary N) is 1. The van der Waals surface area contributed by atoms with Crippen LogP contribution in [0.25, 0.3) is 0 Å². The van der Waals surface area contributed by atoms with Crippen LogP contribution in [-0.2, 0) is 13.1 Å². The fraction of sp³-hybridized carbons (Fsp3) is 0.267. The first-order valence-electron chi connectivity index (χ1n) is 6.61. The van der Waals surface area contributed by atoms with Crippen molar-refractivity contribution in [3.8, 4) is 0 Å². The van der Waals surface area contributed by atoms with Crippen LogP contribution in [0.1, 0.15) is 18.2 Å². The van der Waals surface area contributed by atoms with Crippen LogP contribution in [-0.4, -0.2) is 16.4 Å². The molecule has 20 heavy (non-hydrogen) atoms. The Kier molecular flexibility index (Phi) is 5.35. The number of nitrogen functional groups attached to an aromatic ring is 1. The molecule has 5 heteroatoms. The van der Waals surface area contributed by atoms with Crippen molar-refractivity contribution in [1.29, 1.82) is 0 Å². The Balaban J connectivity index is 2.10. The van der Waals surface area contributed by atoms with Gasteiger partial charge in [-0.1, -0.05) is 48.9 Å². The highest BCUT2D eigenvalue weighted by Crippen LogP contribution is 2.19. The maximum absolute atomic E-state index is 6.20. The van der Waals surface area contributed by atoms with Crippen LogP contribution in [0.5, 0.6) is 0 Å². The molecule has 1 heterocycles. The van der Waals surface area contributed by atoms with E-state index in [0.717, 1.165) is 18.8 Å². The van der Waals surface area contributed by atoms with Crippen molar-refractivity contribution in [1.82, 2.24) is 9.88 Å². The number of nitrogens with zero attached hydrogens (tertiary/aromatic N) is 2. The van der Waals surface area contributed by atoms with Gasteiger partial charge in [0.2, 0.25) is 0 Å². The van der Waals surface area contributed by atoms with E-state index in [1.807, 2.05) is 24.3 Å². The van der Waals surface area contributed by atoms with Crippen molar-refractivity contribution in [2.24, 2.45) is 5.84 Å². The minimum Gasteiger partial charge on any atom is -0.308 e. The van der Waals surface area contributed by atoms with Crippen molar-refractivity contribution in [2.75, 3.05) is 12.0 Å². The fourth-order valence-corrected chi connectivity index (χ4v) is 2.17. The average molecular weight is 291 g/mol. The van der Waals surface area contributed by atoms with Gasteiger partial charge in [-0.15, -0.1) is 0 Å². The number of nitrogens with one attached hydrogen (secondary N) is 1. The molecule has 1 aromatic heterocycles. The number of hydrazine groups is 1. The maximum Gasteiger partial charge on any atom is 0.140 e. The van der Waals surface area contributed by atoms with Crippen molar-refractivity contribution in [3.63, 3.8) is 0 Å². The highest BCUT2D eigenvalue weighted by Gasteiger charge is 2.10. The first-order chi connectivity index (χ1) is 9.72. The molecular weight excluding hydrogens is 272 g/mol. The lowest BCUT2D eigenvalue weighted by Gasteiger charge is -2.21. The largest absolute Gasteiger partial charge is 0.308 e. The fourth-order valence-electron chi connectivity index (χ4n) is 2.01. The molecule has 3 N–H and O–H groups in total. The summed E-state index contributed by atoms with van der Waals surface area (Å²) in [7, 11) is 0. The minimum atomic E-state index is 0.625. The molecule has 2 aromatic rings. The molecule has 0 amide bonds. The number of pyridine rings is 1. The van der Waals surface area contributed by atoms with Crippen LogP contribution in [0.4, 0.5) is 5.82 Å². The first kappa shape index (κ1) is 14.8. The normalized spacial score (nSPS) is 10.8. The zero-order valence-corrected chi connectivity index (χ0v) is 12.3. The van der Waals surface area contributed by atoms with Gasteiger partial charge >= 0.3 is 0 Å². The van der Waals surface area contributed by atoms with Crippen LogP contribution < -0.4 is 11.3 Å². The Morgan fingerprint density at radius 1 is 1.15 bits per heavy atom. The van der Waals surface area contributed by atoms with Crippen molar-refractivity contribution < 1.29 is 0 Å². The summed E-state index contributed by atoms with van der Waals surface area (Å²) in [6.07, 6.45) is 0. The second-order valence-electron chi connectivity index (χ2n) is 4.56. The number of rotatable bonds is 6. The summed E-state index contributed by atoms with van der Waals surface area (Å²) in [5, 5.41) is 0.663. The number of anilines is 1. The van der Waals surface area contributed by atoms with Crippen LogP contribution >= 0.6 is 11.6 Å². The highest BCUT2D eigenvalue weighted by atomic mass is 35.5. The Labute approximate surface area is 124 Å². The van der Waals surface area contributed by atoms with Gasteiger partial charge in [0.1, 0.15) is 5.82 Å². The summed E-state index contributed by atoms with van der Waals surface area (Å²) in [6.45, 7) is 4.62. The van der Waals surface area contributed by atoms with E-state index < -0.39 is 0 Å². The van der Waals surface area contributed by atoms with E-state index in [1.54, 1.807) is 6.07 Å². The highest BCUT2D eigenvalue weighted by molar-refractivity contribution is 6.31. The number of benzene rings is 1. The quantitative estimate of drug-likeness (QED) is 0.634. The summed E-state index contributed by atoms with van der Waals surface area (Å²) < 4.78 is 0. The molecule has 0 spiro atoms. The molecule has 0 unspecified atom stereocenters. The van der Waals surface area contributed by atoms with Crippen molar-refractivity contribution in [2.45, 2.75) is 20.0 Å². The Hall–Kier alpha value is -1.62. The second kappa shape index (κ2) is 7.24. The molecule has 0 aliphatic rings. The molecule has 0 saturated heterocycles. The van der Waals surface area contributed by atoms with E-state index >= 15 is 0 Å². The molecule has 106 valence electrons. The van der Waals surface area contributed by atoms with Gasteiger partial charge in [-0.25, -0.2) is 10.8 Å². The molecule has 1 aromatic carbocycles. The molecule has 4 nitrogen and oxygen atoms in total. The van der Waals surface area contributed by atoms with Gasteiger partial charge in [-0.3, -0.25) is 4.90 Å². The lowest BCUT2D eigenvalue weighted by atomic mass is 10.2. The molecule has 0 aliphatic heterocycles. The predicted octanol–water partition coefficient (Wildman–Crippen LogP) is 3.04. The standard InChI is InChI=1S/C15H19ClN4/c1-2-20(10-12-6-4-3-5-7-12)11-14-13(16)8-9-15(18-14)19-17/h3-9H,2,10-11,17H2,1H3,(H,18,19). The molecule has 0 bridgehead atoms. The molecular formula is C15H19ClN4. The molecule has 0 saturated carbocycles. The van der Waals surface area contributed by atoms with Crippen LogP contribution in [0.3, 0.4) is 0 Å². The molecule has 0 aliphatic carbocycles. The summed E-state index contributed by atoms with van der Waals surface area (Å²) in [5.74, 6) is 6.01. The van der Waals surface area contributed by atoms with E-state index in [-0.39, 0.29) is 0 Å². The zero-order chi connectivity index (χ0) is 14.4. The Morgan fingerprint density at radius 2 is 1.90 bits per heavy atom. The van der Waals surface area contributed by atoms with E-state index in [1.165, 1.54) is 5.56 Å². The third-order valence-electron chi connectivity index (χ3n) is 3.14. The minimum absolute atomic E-state index is 0.625. The lowest BCUT2D eigenvalue weighted by Crippen LogP contribution is -2.23. The monoisotopic (exact) mass is 290 g/mol. The van der Waals surface area contributed by atoms with E-state index in [4.69, 9.17) is 17.4 Å². The third kappa shape index (κ3) is 3.93. The second-order valence-corrected chi connectivity index (χ2v) is 4.97. The molecule has 0 atom stereocenters.